The monoisotopic (exact) mass is 453 g/mol. The maximum Gasteiger partial charge on any atom is 0.124 e. The van der Waals surface area contributed by atoms with Crippen molar-refractivity contribution in [3.8, 4) is 0 Å². The van der Waals surface area contributed by atoms with Gasteiger partial charge in [0.05, 0.1) is 0 Å². The van der Waals surface area contributed by atoms with E-state index in [4.69, 9.17) is 17.3 Å². The van der Waals surface area contributed by atoms with Crippen molar-refractivity contribution in [3.05, 3.63) is 66.4 Å². The molecule has 0 bridgehead atoms. The Morgan fingerprint density at radius 1 is 1.26 bits per heavy atom. The minimum Gasteiger partial charge on any atom is -0.324 e. The molecule has 100 valence electrons. The largest absolute Gasteiger partial charge is 0.324 e. The van der Waals surface area contributed by atoms with Crippen LogP contribution in [0.2, 0.25) is 5.02 Å². The molecule has 1 unspecified atom stereocenters. The number of rotatable bonds is 3. The Morgan fingerprint density at radius 3 is 2.68 bits per heavy atom. The van der Waals surface area contributed by atoms with E-state index in [1.54, 1.807) is 0 Å². The van der Waals surface area contributed by atoms with Gasteiger partial charge in [-0.15, -0.1) is 0 Å². The molecule has 0 radical (unpaired) electrons. The first-order chi connectivity index (χ1) is 8.95. The predicted molar refractivity (Wildman–Crippen MR) is 88.9 cm³/mol. The van der Waals surface area contributed by atoms with Crippen LogP contribution in [0.1, 0.15) is 17.2 Å². The molecular weight excluding hydrogens is 443 g/mol. The summed E-state index contributed by atoms with van der Waals surface area (Å²) in [6.07, 6.45) is 0.562. The lowest BCUT2D eigenvalue weighted by atomic mass is 10.00. The third-order valence-electron chi connectivity index (χ3n) is 2.74. The van der Waals surface area contributed by atoms with E-state index in [1.807, 2.05) is 24.3 Å². The van der Waals surface area contributed by atoms with Gasteiger partial charge in [-0.3, -0.25) is 0 Å². The van der Waals surface area contributed by atoms with Crippen molar-refractivity contribution >= 4 is 50.1 Å². The van der Waals surface area contributed by atoms with Crippen molar-refractivity contribution in [2.75, 3.05) is 0 Å². The molecule has 2 rings (SSSR count). The molecule has 2 aromatic rings. The van der Waals surface area contributed by atoms with E-state index < -0.39 is 0 Å². The van der Waals surface area contributed by atoms with Crippen LogP contribution in [0.15, 0.2) is 40.9 Å². The van der Waals surface area contributed by atoms with Crippen LogP contribution < -0.4 is 5.73 Å². The highest BCUT2D eigenvalue weighted by molar-refractivity contribution is 14.1. The summed E-state index contributed by atoms with van der Waals surface area (Å²) in [5, 5.41) is 0.659. The average Bonchev–Trinajstić information content (AvgIpc) is 2.30. The quantitative estimate of drug-likeness (QED) is 0.643. The molecule has 0 saturated carbocycles. The van der Waals surface area contributed by atoms with Crippen LogP contribution in [-0.2, 0) is 6.42 Å². The van der Waals surface area contributed by atoms with E-state index in [9.17, 15) is 4.39 Å². The summed E-state index contributed by atoms with van der Waals surface area (Å²) >= 11 is 11.5. The van der Waals surface area contributed by atoms with Crippen LogP contribution in [0.5, 0.6) is 0 Å². The highest BCUT2D eigenvalue weighted by atomic mass is 127. The Morgan fingerprint density at radius 2 is 2.00 bits per heavy atom. The van der Waals surface area contributed by atoms with Gasteiger partial charge in [-0.05, 0) is 76.5 Å². The van der Waals surface area contributed by atoms with E-state index >= 15 is 0 Å². The fourth-order valence-corrected chi connectivity index (χ4v) is 3.32. The summed E-state index contributed by atoms with van der Waals surface area (Å²) in [5.41, 5.74) is 8.03. The third-order valence-corrected chi connectivity index (χ3v) is 4.41. The van der Waals surface area contributed by atoms with Gasteiger partial charge >= 0.3 is 0 Å². The van der Waals surface area contributed by atoms with E-state index in [0.717, 1.165) is 19.2 Å². The lowest BCUT2D eigenvalue weighted by Crippen LogP contribution is -2.15. The SMILES string of the molecule is NC(Cc1cc(F)cc(Br)c1)c1cc(Cl)ccc1I. The maximum atomic E-state index is 13.3. The lowest BCUT2D eigenvalue weighted by molar-refractivity contribution is 0.621. The molecule has 0 aliphatic heterocycles. The van der Waals surface area contributed by atoms with Gasteiger partial charge in [0.15, 0.2) is 0 Å². The molecule has 0 aliphatic rings. The number of halogens is 4. The molecule has 5 heteroatoms. The molecule has 1 atom stereocenters. The van der Waals surface area contributed by atoms with Crippen molar-refractivity contribution < 1.29 is 4.39 Å². The third kappa shape index (κ3) is 4.15. The zero-order valence-corrected chi connectivity index (χ0v) is 14.3. The highest BCUT2D eigenvalue weighted by Gasteiger charge is 2.12. The molecule has 1 nitrogen and oxygen atoms in total. The van der Waals surface area contributed by atoms with Gasteiger partial charge < -0.3 is 5.73 Å². The first kappa shape index (κ1) is 15.2. The summed E-state index contributed by atoms with van der Waals surface area (Å²) in [5.74, 6) is -0.266. The van der Waals surface area contributed by atoms with Crippen molar-refractivity contribution in [1.29, 1.82) is 0 Å². The highest BCUT2D eigenvalue weighted by Crippen LogP contribution is 2.26. The predicted octanol–water partition coefficient (Wildman–Crippen LogP) is 5.09. The first-order valence-corrected chi connectivity index (χ1v) is 7.86. The fourth-order valence-electron chi connectivity index (χ4n) is 1.89. The molecule has 2 N–H and O–H groups in total. The maximum absolute atomic E-state index is 13.3. The average molecular weight is 455 g/mol. The van der Waals surface area contributed by atoms with Crippen molar-refractivity contribution in [1.82, 2.24) is 0 Å². The molecule has 0 spiro atoms. The number of nitrogens with two attached hydrogens (primary N) is 1. The standard InChI is InChI=1S/C14H11BrClFIN/c15-9-3-8(4-11(17)6-9)5-14(19)12-7-10(16)1-2-13(12)18/h1-4,6-7,14H,5,19H2. The normalized spacial score (nSPS) is 12.5. The Balaban J connectivity index is 2.25. The van der Waals surface area contributed by atoms with Crippen LogP contribution in [0, 0.1) is 9.39 Å². The van der Waals surface area contributed by atoms with E-state index in [0.29, 0.717) is 11.4 Å². The summed E-state index contributed by atoms with van der Waals surface area (Å²) in [6.45, 7) is 0. The fraction of sp³-hybridized carbons (Fsp3) is 0.143. The zero-order chi connectivity index (χ0) is 14.0. The van der Waals surface area contributed by atoms with Gasteiger partial charge in [0.2, 0.25) is 0 Å². The summed E-state index contributed by atoms with van der Waals surface area (Å²) < 4.78 is 15.1. The van der Waals surface area contributed by atoms with E-state index in [-0.39, 0.29) is 11.9 Å². The van der Waals surface area contributed by atoms with Crippen LogP contribution >= 0.6 is 50.1 Å². The Kier molecular flexibility index (Phi) is 5.22. The molecule has 0 saturated heterocycles. The van der Waals surface area contributed by atoms with Crippen LogP contribution in [0.25, 0.3) is 0 Å². The molecule has 2 aromatic carbocycles. The van der Waals surface area contributed by atoms with E-state index in [2.05, 4.69) is 38.5 Å². The van der Waals surface area contributed by atoms with Crippen molar-refractivity contribution in [2.45, 2.75) is 12.5 Å². The summed E-state index contributed by atoms with van der Waals surface area (Å²) in [6, 6.07) is 10.2. The van der Waals surface area contributed by atoms with Crippen LogP contribution in [0.3, 0.4) is 0 Å². The number of hydrogen-bond acceptors (Lipinski definition) is 1. The van der Waals surface area contributed by atoms with Crippen LogP contribution in [-0.4, -0.2) is 0 Å². The molecule has 0 heterocycles. The number of hydrogen-bond donors (Lipinski definition) is 1. The zero-order valence-electron chi connectivity index (χ0n) is 9.84. The topological polar surface area (TPSA) is 26.0 Å². The second kappa shape index (κ2) is 6.52. The second-order valence-corrected chi connectivity index (χ2v) is 6.77. The van der Waals surface area contributed by atoms with Gasteiger partial charge in [-0.2, -0.15) is 0 Å². The lowest BCUT2D eigenvalue weighted by Gasteiger charge is -2.15. The second-order valence-electron chi connectivity index (χ2n) is 4.25. The minimum absolute atomic E-state index is 0.209. The van der Waals surface area contributed by atoms with Gasteiger partial charge in [0.1, 0.15) is 5.82 Å². The minimum atomic E-state index is -0.266. The van der Waals surface area contributed by atoms with E-state index in [1.165, 1.54) is 12.1 Å². The Bertz CT molecular complexity index is 586. The number of benzene rings is 2. The molecular formula is C14H11BrClFIN. The summed E-state index contributed by atoms with van der Waals surface area (Å²) in [4.78, 5) is 0. The molecule has 0 aromatic heterocycles. The molecule has 0 aliphatic carbocycles. The first-order valence-electron chi connectivity index (χ1n) is 5.61. The van der Waals surface area contributed by atoms with Crippen molar-refractivity contribution in [2.24, 2.45) is 5.73 Å². The van der Waals surface area contributed by atoms with Gasteiger partial charge in [0.25, 0.3) is 0 Å². The Labute approximate surface area is 138 Å². The van der Waals surface area contributed by atoms with Crippen molar-refractivity contribution in [3.63, 3.8) is 0 Å². The molecule has 19 heavy (non-hydrogen) atoms. The van der Waals surface area contributed by atoms with Gasteiger partial charge in [0, 0.05) is 19.1 Å². The van der Waals surface area contributed by atoms with Gasteiger partial charge in [-0.1, -0.05) is 27.5 Å². The van der Waals surface area contributed by atoms with Crippen LogP contribution in [0.4, 0.5) is 4.39 Å². The smallest absolute Gasteiger partial charge is 0.124 e. The Hall–Kier alpha value is -0.170. The summed E-state index contributed by atoms with van der Waals surface area (Å²) in [7, 11) is 0. The molecule has 0 amide bonds. The van der Waals surface area contributed by atoms with Gasteiger partial charge in [-0.25, -0.2) is 4.39 Å². The molecule has 0 fully saturated rings.